The van der Waals surface area contributed by atoms with Gasteiger partial charge in [-0.1, -0.05) is 6.08 Å². The first-order chi connectivity index (χ1) is 14.2. The van der Waals surface area contributed by atoms with Gasteiger partial charge in [0.2, 0.25) is 6.29 Å². The van der Waals surface area contributed by atoms with Crippen LogP contribution < -0.4 is 0 Å². The van der Waals surface area contributed by atoms with Crippen molar-refractivity contribution in [1.29, 1.82) is 0 Å². The van der Waals surface area contributed by atoms with Crippen LogP contribution in [0.2, 0.25) is 0 Å². The van der Waals surface area contributed by atoms with Gasteiger partial charge in [-0.3, -0.25) is 0 Å². The fourth-order valence-corrected chi connectivity index (χ4v) is 3.83. The molecule has 12 heteroatoms. The molecule has 12 nitrogen and oxygen atoms in total. The van der Waals surface area contributed by atoms with Gasteiger partial charge >= 0.3 is 11.9 Å². The number of ether oxygens (including phenoxy) is 5. The minimum atomic E-state index is -2.24. The molecule has 2 aliphatic heterocycles. The van der Waals surface area contributed by atoms with Crippen LogP contribution in [0.5, 0.6) is 0 Å². The molecule has 168 valence electrons. The number of methoxy groups -OCH3 is 2. The minimum absolute atomic E-state index is 0.00670. The lowest BCUT2D eigenvalue weighted by Crippen LogP contribution is -2.61. The van der Waals surface area contributed by atoms with Gasteiger partial charge < -0.3 is 49.2 Å². The maximum Gasteiger partial charge on any atom is 0.342 e. The smallest absolute Gasteiger partial charge is 0.342 e. The lowest BCUT2D eigenvalue weighted by atomic mass is 9.79. The molecule has 0 aromatic carbocycles. The number of carbonyl (C=O) groups is 2. The van der Waals surface area contributed by atoms with E-state index < -0.39 is 73.0 Å². The van der Waals surface area contributed by atoms with Gasteiger partial charge in [0.25, 0.3) is 0 Å². The van der Waals surface area contributed by atoms with E-state index in [1.54, 1.807) is 0 Å². The largest absolute Gasteiger partial charge is 0.471 e. The summed E-state index contributed by atoms with van der Waals surface area (Å²) in [6, 6.07) is 0. The Hall–Kier alpha value is -2.06. The minimum Gasteiger partial charge on any atom is -0.471 e. The number of allylic oxidation sites excluding steroid dienone is 1. The summed E-state index contributed by atoms with van der Waals surface area (Å²) < 4.78 is 25.6. The number of aliphatic hydroxyl groups is 5. The van der Waals surface area contributed by atoms with Gasteiger partial charge in [-0.15, -0.1) is 0 Å². The van der Waals surface area contributed by atoms with E-state index in [0.29, 0.717) is 0 Å². The number of aliphatic hydroxyl groups excluding tert-OH is 4. The maximum absolute atomic E-state index is 12.3. The zero-order chi connectivity index (χ0) is 22.2. The predicted octanol–water partition coefficient (Wildman–Crippen LogP) is -3.08. The lowest BCUT2D eigenvalue weighted by molar-refractivity contribution is -0.345. The Labute approximate surface area is 170 Å². The van der Waals surface area contributed by atoms with Gasteiger partial charge in [0.05, 0.1) is 38.6 Å². The van der Waals surface area contributed by atoms with Crippen molar-refractivity contribution in [2.45, 2.75) is 42.6 Å². The molecule has 1 saturated heterocycles. The van der Waals surface area contributed by atoms with Crippen molar-refractivity contribution < 1.29 is 58.8 Å². The topological polar surface area (TPSA) is 181 Å². The number of hydrogen-bond donors (Lipinski definition) is 5. The molecular weight excluding hydrogens is 408 g/mol. The number of esters is 2. The molecule has 2 heterocycles. The highest BCUT2D eigenvalue weighted by atomic mass is 16.8. The van der Waals surface area contributed by atoms with E-state index in [9.17, 15) is 35.1 Å². The monoisotopic (exact) mass is 432 g/mol. The van der Waals surface area contributed by atoms with Crippen LogP contribution in [0.3, 0.4) is 0 Å². The first kappa shape index (κ1) is 22.6. The normalized spacial score (nSPS) is 42.7. The fraction of sp³-hybridized carbons (Fsp3) is 0.667. The van der Waals surface area contributed by atoms with Crippen molar-refractivity contribution in [3.8, 4) is 0 Å². The molecular formula is C18H24O12. The van der Waals surface area contributed by atoms with Crippen molar-refractivity contribution in [3.05, 3.63) is 24.0 Å². The van der Waals surface area contributed by atoms with Crippen LogP contribution in [0, 0.1) is 11.8 Å². The van der Waals surface area contributed by atoms with Crippen LogP contribution in [-0.2, 0) is 33.3 Å². The highest BCUT2D eigenvalue weighted by Crippen LogP contribution is 2.46. The molecule has 0 aromatic rings. The molecule has 0 unspecified atom stereocenters. The van der Waals surface area contributed by atoms with Crippen molar-refractivity contribution in [2.24, 2.45) is 11.8 Å². The predicted molar refractivity (Wildman–Crippen MR) is 92.9 cm³/mol. The quantitative estimate of drug-likeness (QED) is 0.219. The highest BCUT2D eigenvalue weighted by Gasteiger charge is 2.59. The lowest BCUT2D eigenvalue weighted by Gasteiger charge is -2.44. The second kappa shape index (κ2) is 8.59. The van der Waals surface area contributed by atoms with Crippen molar-refractivity contribution in [1.82, 2.24) is 0 Å². The molecule has 1 aliphatic carbocycles. The van der Waals surface area contributed by atoms with Crippen molar-refractivity contribution >= 4 is 11.9 Å². The Morgan fingerprint density at radius 3 is 2.40 bits per heavy atom. The van der Waals surface area contributed by atoms with Crippen LogP contribution in [0.1, 0.15) is 0 Å². The number of hydrogen-bond acceptors (Lipinski definition) is 12. The third-order valence-electron chi connectivity index (χ3n) is 5.48. The zero-order valence-electron chi connectivity index (χ0n) is 16.2. The van der Waals surface area contributed by atoms with E-state index >= 15 is 0 Å². The number of carbonyl (C=O) groups excluding carboxylic acids is 2. The second-order valence-electron chi connectivity index (χ2n) is 7.13. The summed E-state index contributed by atoms with van der Waals surface area (Å²) in [7, 11) is 2.22. The molecule has 3 aliphatic rings. The van der Waals surface area contributed by atoms with E-state index in [1.807, 2.05) is 0 Å². The van der Waals surface area contributed by atoms with Crippen LogP contribution >= 0.6 is 0 Å². The molecule has 0 saturated carbocycles. The average molecular weight is 432 g/mol. The average Bonchev–Trinajstić information content (AvgIpc) is 3.12. The molecule has 30 heavy (non-hydrogen) atoms. The van der Waals surface area contributed by atoms with Crippen LogP contribution in [0.4, 0.5) is 0 Å². The standard InChI is InChI=1S/C18H24O12/c1-26-14(23)8-6-28-15(10-7(8)3-4-18(10,25)17(24)27-2)30-16-13(22)12(21)11(20)9(5-19)29-16/h3-4,6-7,9-13,15-16,19-22,25H,5H2,1-2H3/t7-,9-,10-,11-,12+,13-,15+,16+,18-/m1/s1. The van der Waals surface area contributed by atoms with E-state index in [2.05, 4.69) is 4.74 Å². The number of fused-ring (bicyclic) bond motifs is 1. The zero-order valence-corrected chi connectivity index (χ0v) is 16.2. The number of rotatable bonds is 5. The Morgan fingerprint density at radius 2 is 1.80 bits per heavy atom. The molecule has 0 amide bonds. The molecule has 0 radical (unpaired) electrons. The van der Waals surface area contributed by atoms with Gasteiger partial charge in [0.15, 0.2) is 11.9 Å². The second-order valence-corrected chi connectivity index (χ2v) is 7.13. The molecule has 0 aromatic heterocycles. The fourth-order valence-electron chi connectivity index (χ4n) is 3.83. The SMILES string of the molecule is COC(=O)C1=CO[C@@H](O[C@@H]2O[C@H](CO)[C@@H](O)[C@H](O)[C@H]2O)[C@H]2[C@@H]1C=C[C@]2(O)C(=O)OC. The summed E-state index contributed by atoms with van der Waals surface area (Å²) in [5.41, 5.74) is -2.24. The Balaban J connectivity index is 1.91. The Morgan fingerprint density at radius 1 is 1.10 bits per heavy atom. The molecule has 9 atom stereocenters. The Kier molecular flexibility index (Phi) is 6.48. The van der Waals surface area contributed by atoms with Gasteiger partial charge in [0.1, 0.15) is 24.4 Å². The van der Waals surface area contributed by atoms with Crippen molar-refractivity contribution in [3.63, 3.8) is 0 Å². The van der Waals surface area contributed by atoms with Gasteiger partial charge in [-0.2, -0.15) is 0 Å². The summed E-state index contributed by atoms with van der Waals surface area (Å²) in [4.78, 5) is 24.3. The highest BCUT2D eigenvalue weighted by molar-refractivity contribution is 5.91. The van der Waals surface area contributed by atoms with E-state index in [4.69, 9.17) is 18.9 Å². The first-order valence-electron chi connectivity index (χ1n) is 9.09. The third-order valence-corrected chi connectivity index (χ3v) is 5.48. The first-order valence-corrected chi connectivity index (χ1v) is 9.09. The van der Waals surface area contributed by atoms with E-state index in [0.717, 1.165) is 26.6 Å². The molecule has 0 spiro atoms. The maximum atomic E-state index is 12.3. The summed E-state index contributed by atoms with van der Waals surface area (Å²) in [5.74, 6) is -3.90. The molecule has 3 rings (SSSR count). The van der Waals surface area contributed by atoms with E-state index in [1.165, 1.54) is 6.08 Å². The summed E-state index contributed by atoms with van der Waals surface area (Å²) in [6.07, 6.45) is -5.76. The van der Waals surface area contributed by atoms with Gasteiger partial charge in [-0.25, -0.2) is 9.59 Å². The molecule has 1 fully saturated rings. The van der Waals surface area contributed by atoms with E-state index in [-0.39, 0.29) is 5.57 Å². The summed E-state index contributed by atoms with van der Waals surface area (Å²) in [5, 5.41) is 50.3. The van der Waals surface area contributed by atoms with Gasteiger partial charge in [-0.05, 0) is 6.08 Å². The van der Waals surface area contributed by atoms with Crippen LogP contribution in [-0.4, -0.2) is 101 Å². The van der Waals surface area contributed by atoms with Crippen LogP contribution in [0.15, 0.2) is 24.0 Å². The molecule has 5 N–H and O–H groups in total. The third kappa shape index (κ3) is 3.60. The van der Waals surface area contributed by atoms with Gasteiger partial charge in [0, 0.05) is 5.92 Å². The Bertz CT molecular complexity index is 733. The molecule has 0 bridgehead atoms. The van der Waals surface area contributed by atoms with Crippen LogP contribution in [0.25, 0.3) is 0 Å². The summed E-state index contributed by atoms with van der Waals surface area (Å²) in [6.45, 7) is -0.678. The summed E-state index contributed by atoms with van der Waals surface area (Å²) >= 11 is 0. The van der Waals surface area contributed by atoms with Crippen molar-refractivity contribution in [2.75, 3.05) is 20.8 Å².